The molecule has 2 fully saturated rings. The molecule has 0 spiro atoms. The topological polar surface area (TPSA) is 52.6 Å². The van der Waals surface area contributed by atoms with E-state index in [9.17, 15) is 9.59 Å². The Balaban J connectivity index is 1.63. The van der Waals surface area contributed by atoms with E-state index in [1.54, 1.807) is 14.0 Å². The third kappa shape index (κ3) is 5.46. The lowest BCUT2D eigenvalue weighted by Crippen LogP contribution is -2.31. The summed E-state index contributed by atoms with van der Waals surface area (Å²) in [5, 5.41) is 0.958. The second-order valence-corrected chi connectivity index (χ2v) is 8.82. The number of ketones is 1. The summed E-state index contributed by atoms with van der Waals surface area (Å²) in [6, 6.07) is 0. The van der Waals surface area contributed by atoms with Gasteiger partial charge in [-0.15, -0.1) is 0 Å². The molecule has 1 saturated heterocycles. The minimum Gasteiger partial charge on any atom is -0.464 e. The number of hydrogen-bond acceptors (Lipinski definition) is 6. The van der Waals surface area contributed by atoms with E-state index in [2.05, 4.69) is 0 Å². The zero-order valence-electron chi connectivity index (χ0n) is 13.4. The van der Waals surface area contributed by atoms with Crippen LogP contribution in [0.2, 0.25) is 0 Å². The molecule has 1 saturated carbocycles. The number of esters is 1. The highest BCUT2D eigenvalue weighted by Crippen LogP contribution is 2.32. The van der Waals surface area contributed by atoms with E-state index in [1.807, 2.05) is 23.5 Å². The van der Waals surface area contributed by atoms with Crippen molar-refractivity contribution in [2.45, 2.75) is 43.1 Å². The van der Waals surface area contributed by atoms with Gasteiger partial charge in [0, 0.05) is 35.0 Å². The quantitative estimate of drug-likeness (QED) is 0.689. The molecule has 0 amide bonds. The van der Waals surface area contributed by atoms with Gasteiger partial charge in [0.15, 0.2) is 0 Å². The standard InChI is InChI=1S/C16H26O4S2/c1-11(17)12-3-5-13(6-4-12)16(18)20-8-15-10-21-14(7-19-2)9-22-15/h12-15H,3-10H2,1-2H3. The largest absolute Gasteiger partial charge is 0.464 e. The molecule has 0 aromatic carbocycles. The molecule has 0 aromatic rings. The maximum atomic E-state index is 12.1. The average molecular weight is 347 g/mol. The Morgan fingerprint density at radius 1 is 0.955 bits per heavy atom. The van der Waals surface area contributed by atoms with Gasteiger partial charge in [0.1, 0.15) is 12.4 Å². The van der Waals surface area contributed by atoms with E-state index in [0.29, 0.717) is 17.1 Å². The van der Waals surface area contributed by atoms with E-state index < -0.39 is 0 Å². The van der Waals surface area contributed by atoms with Gasteiger partial charge in [-0.3, -0.25) is 9.59 Å². The highest BCUT2D eigenvalue weighted by atomic mass is 32.2. The molecule has 22 heavy (non-hydrogen) atoms. The molecule has 0 aromatic heterocycles. The average Bonchev–Trinajstić information content (AvgIpc) is 2.54. The minimum atomic E-state index is -0.0633. The molecule has 1 aliphatic carbocycles. The predicted molar refractivity (Wildman–Crippen MR) is 91.5 cm³/mol. The predicted octanol–water partition coefficient (Wildman–Crippen LogP) is 2.79. The van der Waals surface area contributed by atoms with Crippen molar-refractivity contribution in [1.29, 1.82) is 0 Å². The minimum absolute atomic E-state index is 0.00177. The first-order chi connectivity index (χ1) is 10.6. The zero-order chi connectivity index (χ0) is 15.9. The first kappa shape index (κ1) is 18.1. The van der Waals surface area contributed by atoms with Crippen LogP contribution in [0.25, 0.3) is 0 Å². The summed E-state index contributed by atoms with van der Waals surface area (Å²) in [4.78, 5) is 23.5. The highest BCUT2D eigenvalue weighted by Gasteiger charge is 2.30. The van der Waals surface area contributed by atoms with Crippen LogP contribution in [-0.4, -0.2) is 54.1 Å². The fourth-order valence-corrected chi connectivity index (χ4v) is 5.79. The maximum Gasteiger partial charge on any atom is 0.308 e. The maximum absolute atomic E-state index is 12.1. The number of carbonyl (C=O) groups excluding carboxylic acids is 2. The molecule has 2 aliphatic rings. The molecule has 0 radical (unpaired) electrons. The second-order valence-electron chi connectivity index (χ2n) is 6.16. The van der Waals surface area contributed by atoms with Crippen LogP contribution in [0.1, 0.15) is 32.6 Å². The SMILES string of the molecule is COCC1CSC(COC(=O)C2CCC(C(C)=O)CC2)CS1. The van der Waals surface area contributed by atoms with Crippen molar-refractivity contribution in [3.63, 3.8) is 0 Å². The first-order valence-corrected chi connectivity index (χ1v) is 10.1. The summed E-state index contributed by atoms with van der Waals surface area (Å²) in [6.45, 7) is 2.96. The third-order valence-electron chi connectivity index (χ3n) is 4.44. The number of methoxy groups -OCH3 is 1. The van der Waals surface area contributed by atoms with E-state index in [4.69, 9.17) is 9.47 Å². The van der Waals surface area contributed by atoms with Crippen molar-refractivity contribution in [2.75, 3.05) is 31.8 Å². The van der Waals surface area contributed by atoms with Crippen LogP contribution in [0.15, 0.2) is 0 Å². The van der Waals surface area contributed by atoms with Crippen LogP contribution in [0.5, 0.6) is 0 Å². The highest BCUT2D eigenvalue weighted by molar-refractivity contribution is 8.07. The molecular weight excluding hydrogens is 320 g/mol. The second kappa shape index (κ2) is 9.18. The summed E-state index contributed by atoms with van der Waals surface area (Å²) in [7, 11) is 1.74. The first-order valence-electron chi connectivity index (χ1n) is 7.99. The summed E-state index contributed by atoms with van der Waals surface area (Å²) in [5.74, 6) is 2.43. The molecule has 2 rings (SSSR count). The van der Waals surface area contributed by atoms with Gasteiger partial charge >= 0.3 is 5.97 Å². The Kier molecular flexibility index (Phi) is 7.57. The van der Waals surface area contributed by atoms with Crippen LogP contribution in [-0.2, 0) is 19.1 Å². The van der Waals surface area contributed by atoms with Crippen molar-refractivity contribution >= 4 is 35.3 Å². The third-order valence-corrected chi connectivity index (χ3v) is 7.60. The molecule has 126 valence electrons. The van der Waals surface area contributed by atoms with Crippen LogP contribution in [0, 0.1) is 11.8 Å². The lowest BCUT2D eigenvalue weighted by atomic mass is 9.80. The molecule has 6 heteroatoms. The van der Waals surface area contributed by atoms with Gasteiger partial charge < -0.3 is 9.47 Å². The number of rotatable bonds is 6. The van der Waals surface area contributed by atoms with Gasteiger partial charge in [0.25, 0.3) is 0 Å². The van der Waals surface area contributed by atoms with Crippen molar-refractivity contribution in [1.82, 2.24) is 0 Å². The molecule has 0 N–H and O–H groups in total. The zero-order valence-corrected chi connectivity index (χ0v) is 15.0. The lowest BCUT2D eigenvalue weighted by Gasteiger charge is -2.28. The van der Waals surface area contributed by atoms with E-state index in [1.165, 1.54) is 0 Å². The van der Waals surface area contributed by atoms with Crippen LogP contribution >= 0.6 is 23.5 Å². The van der Waals surface area contributed by atoms with Gasteiger partial charge in [-0.05, 0) is 32.6 Å². The fourth-order valence-electron chi connectivity index (χ4n) is 2.99. The van der Waals surface area contributed by atoms with Gasteiger partial charge in [0.2, 0.25) is 0 Å². The van der Waals surface area contributed by atoms with Crippen molar-refractivity contribution in [3.05, 3.63) is 0 Å². The Labute approximate surface area is 141 Å². The summed E-state index contributed by atoms with van der Waals surface area (Å²) >= 11 is 3.79. The van der Waals surface area contributed by atoms with Crippen LogP contribution < -0.4 is 0 Å². The number of carbonyl (C=O) groups is 2. The van der Waals surface area contributed by atoms with E-state index >= 15 is 0 Å². The molecule has 2 unspecified atom stereocenters. The van der Waals surface area contributed by atoms with E-state index in [-0.39, 0.29) is 23.6 Å². The molecule has 0 bridgehead atoms. The monoisotopic (exact) mass is 346 g/mol. The van der Waals surface area contributed by atoms with Gasteiger partial charge in [-0.1, -0.05) is 0 Å². The van der Waals surface area contributed by atoms with Crippen molar-refractivity contribution in [2.24, 2.45) is 11.8 Å². The number of thioether (sulfide) groups is 2. The van der Waals surface area contributed by atoms with Gasteiger partial charge in [-0.25, -0.2) is 0 Å². The van der Waals surface area contributed by atoms with Crippen LogP contribution in [0.3, 0.4) is 0 Å². The molecular formula is C16H26O4S2. The number of ether oxygens (including phenoxy) is 2. The van der Waals surface area contributed by atoms with E-state index in [0.717, 1.165) is 43.8 Å². The van der Waals surface area contributed by atoms with Crippen LogP contribution in [0.4, 0.5) is 0 Å². The molecule has 2 atom stereocenters. The molecule has 4 nitrogen and oxygen atoms in total. The molecule has 1 heterocycles. The summed E-state index contributed by atoms with van der Waals surface area (Å²) in [5.41, 5.74) is 0. The molecule has 1 aliphatic heterocycles. The van der Waals surface area contributed by atoms with Crippen molar-refractivity contribution in [3.8, 4) is 0 Å². The fraction of sp³-hybridized carbons (Fsp3) is 0.875. The Morgan fingerprint density at radius 2 is 1.50 bits per heavy atom. The number of hydrogen-bond donors (Lipinski definition) is 0. The lowest BCUT2D eigenvalue weighted by molar-refractivity contribution is -0.150. The normalized spacial score (nSPS) is 32.5. The Hall–Kier alpha value is -0.200. The Morgan fingerprint density at radius 3 is 2.00 bits per heavy atom. The summed E-state index contributed by atoms with van der Waals surface area (Å²) < 4.78 is 10.7. The summed E-state index contributed by atoms with van der Waals surface area (Å²) in [6.07, 6.45) is 3.26. The van der Waals surface area contributed by atoms with Crippen molar-refractivity contribution < 1.29 is 19.1 Å². The number of Topliss-reactive ketones (excluding diaryl/α,β-unsaturated/α-hetero) is 1. The Bertz CT molecular complexity index is 372. The van der Waals surface area contributed by atoms with Gasteiger partial charge in [-0.2, -0.15) is 23.5 Å². The smallest absolute Gasteiger partial charge is 0.308 e. The van der Waals surface area contributed by atoms with Gasteiger partial charge in [0.05, 0.1) is 12.5 Å².